The van der Waals surface area contributed by atoms with Crippen LogP contribution in [0.2, 0.25) is 24.7 Å². The van der Waals surface area contributed by atoms with Crippen molar-refractivity contribution in [2.75, 3.05) is 26.9 Å². The number of methoxy groups -OCH3 is 1. The molecule has 26 heavy (non-hydrogen) atoms. The molecule has 1 amide bonds. The minimum Gasteiger partial charge on any atom is -0.495 e. The molecule has 142 valence electrons. The van der Waals surface area contributed by atoms with E-state index in [1.807, 2.05) is 6.07 Å². The highest BCUT2D eigenvalue weighted by atomic mass is 35.5. The fourth-order valence-corrected chi connectivity index (χ4v) is 5.46. The van der Waals surface area contributed by atoms with Gasteiger partial charge in [0.2, 0.25) is 0 Å². The standard InChI is InChI=1S/C18H25ClN2O4Si/c1-24-15-8-11(19)7-13-14(17(20-16(13)15)26(2,3)4)9-12-10-25-6-5-21(12)18(22)23/h7-8,12,20H,5-6,9-10H2,1-4H3,(H,22,23)/t12-/m0/s1. The van der Waals surface area contributed by atoms with Gasteiger partial charge in [-0.25, -0.2) is 4.79 Å². The minimum atomic E-state index is -1.71. The molecule has 2 N–H and O–H groups in total. The van der Waals surface area contributed by atoms with Gasteiger partial charge in [-0.1, -0.05) is 31.2 Å². The molecule has 0 unspecified atom stereocenters. The van der Waals surface area contributed by atoms with Crippen LogP contribution < -0.4 is 10.1 Å². The number of hydrogen-bond donors (Lipinski definition) is 2. The number of amides is 1. The average molecular weight is 397 g/mol. The molecule has 0 aliphatic carbocycles. The number of nitrogens with one attached hydrogen (secondary N) is 1. The van der Waals surface area contributed by atoms with Gasteiger partial charge in [0, 0.05) is 28.3 Å². The van der Waals surface area contributed by atoms with Crippen LogP contribution in [0.4, 0.5) is 4.79 Å². The van der Waals surface area contributed by atoms with Gasteiger partial charge in [-0.2, -0.15) is 0 Å². The fraction of sp³-hybridized carbons (Fsp3) is 0.500. The molecule has 3 rings (SSSR count). The second-order valence-corrected chi connectivity index (χ2v) is 13.1. The Kier molecular flexibility index (Phi) is 5.23. The zero-order chi connectivity index (χ0) is 19.1. The second kappa shape index (κ2) is 7.13. The van der Waals surface area contributed by atoms with Crippen LogP contribution >= 0.6 is 11.6 Å². The Hall–Kier alpha value is -1.70. The summed E-state index contributed by atoms with van der Waals surface area (Å²) < 4.78 is 11.1. The van der Waals surface area contributed by atoms with E-state index in [1.165, 1.54) is 10.2 Å². The molecule has 1 saturated heterocycles. The highest BCUT2D eigenvalue weighted by molar-refractivity contribution is 6.88. The van der Waals surface area contributed by atoms with Crippen molar-refractivity contribution in [1.29, 1.82) is 0 Å². The summed E-state index contributed by atoms with van der Waals surface area (Å²) >= 11 is 6.31. The first-order chi connectivity index (χ1) is 12.2. The van der Waals surface area contributed by atoms with E-state index in [1.54, 1.807) is 13.2 Å². The summed E-state index contributed by atoms with van der Waals surface area (Å²) in [7, 11) is -0.0828. The first-order valence-electron chi connectivity index (χ1n) is 8.68. The van der Waals surface area contributed by atoms with E-state index in [0.29, 0.717) is 37.0 Å². The maximum Gasteiger partial charge on any atom is 0.407 e. The zero-order valence-electron chi connectivity index (χ0n) is 15.6. The van der Waals surface area contributed by atoms with E-state index in [-0.39, 0.29) is 6.04 Å². The van der Waals surface area contributed by atoms with Gasteiger partial charge >= 0.3 is 6.09 Å². The second-order valence-electron chi connectivity index (χ2n) is 7.67. The molecule has 1 aromatic heterocycles. The van der Waals surface area contributed by atoms with Gasteiger partial charge in [-0.05, 0) is 18.1 Å². The van der Waals surface area contributed by atoms with Crippen molar-refractivity contribution in [2.24, 2.45) is 0 Å². The summed E-state index contributed by atoms with van der Waals surface area (Å²) in [5.41, 5.74) is 2.05. The van der Waals surface area contributed by atoms with Crippen molar-refractivity contribution in [1.82, 2.24) is 9.88 Å². The molecule has 1 aliphatic rings. The monoisotopic (exact) mass is 396 g/mol. The minimum absolute atomic E-state index is 0.208. The van der Waals surface area contributed by atoms with Crippen molar-refractivity contribution >= 4 is 42.0 Å². The van der Waals surface area contributed by atoms with Gasteiger partial charge in [0.15, 0.2) is 0 Å². The Morgan fingerprint density at radius 1 is 1.46 bits per heavy atom. The molecule has 1 atom stereocenters. The first kappa shape index (κ1) is 19.1. The van der Waals surface area contributed by atoms with Gasteiger partial charge in [0.25, 0.3) is 0 Å². The Labute approximate surface area is 159 Å². The highest BCUT2D eigenvalue weighted by Gasteiger charge is 2.32. The largest absolute Gasteiger partial charge is 0.495 e. The predicted octanol–water partition coefficient (Wildman–Crippen LogP) is 3.30. The SMILES string of the molecule is COc1cc(Cl)cc2c(C[C@H]3COCCN3C(=O)O)c([Si](C)(C)C)[nH]c12. The number of carboxylic acid groups (broad SMARTS) is 1. The molecule has 1 fully saturated rings. The molecular weight excluding hydrogens is 372 g/mol. The van der Waals surface area contributed by atoms with Gasteiger partial charge in [0.1, 0.15) is 5.75 Å². The maximum absolute atomic E-state index is 11.6. The van der Waals surface area contributed by atoms with Gasteiger partial charge < -0.3 is 24.5 Å². The lowest BCUT2D eigenvalue weighted by Gasteiger charge is -2.34. The summed E-state index contributed by atoms with van der Waals surface area (Å²) in [4.78, 5) is 16.7. The van der Waals surface area contributed by atoms with Crippen molar-refractivity contribution in [3.8, 4) is 5.75 Å². The predicted molar refractivity (Wildman–Crippen MR) is 106 cm³/mol. The van der Waals surface area contributed by atoms with E-state index in [9.17, 15) is 9.90 Å². The van der Waals surface area contributed by atoms with Crippen LogP contribution in [-0.4, -0.2) is 62.1 Å². The number of morpholine rings is 1. The van der Waals surface area contributed by atoms with Crippen LogP contribution in [0, 0.1) is 0 Å². The lowest BCUT2D eigenvalue weighted by molar-refractivity contribution is 0.000443. The normalized spacial score (nSPS) is 18.3. The maximum atomic E-state index is 11.6. The molecule has 6 nitrogen and oxygen atoms in total. The zero-order valence-corrected chi connectivity index (χ0v) is 17.3. The molecule has 2 heterocycles. The number of aromatic amines is 1. The lowest BCUT2D eigenvalue weighted by Crippen LogP contribution is -2.50. The summed E-state index contributed by atoms with van der Waals surface area (Å²) in [6.07, 6.45) is -0.307. The topological polar surface area (TPSA) is 74.8 Å². The van der Waals surface area contributed by atoms with Crippen molar-refractivity contribution in [2.45, 2.75) is 32.1 Å². The van der Waals surface area contributed by atoms with Crippen LogP contribution in [-0.2, 0) is 11.2 Å². The lowest BCUT2D eigenvalue weighted by atomic mass is 10.0. The fourth-order valence-electron chi connectivity index (χ4n) is 3.61. The Balaban J connectivity index is 2.13. The number of ether oxygens (including phenoxy) is 2. The number of rotatable bonds is 4. The number of halogens is 1. The summed E-state index contributed by atoms with van der Waals surface area (Å²) in [6, 6.07) is 3.52. The molecule has 0 radical (unpaired) electrons. The summed E-state index contributed by atoms with van der Waals surface area (Å²) in [5.74, 6) is 0.702. The molecule has 8 heteroatoms. The number of hydrogen-bond acceptors (Lipinski definition) is 3. The highest BCUT2D eigenvalue weighted by Crippen LogP contribution is 2.32. The Morgan fingerprint density at radius 3 is 2.81 bits per heavy atom. The molecule has 1 aliphatic heterocycles. The van der Waals surface area contributed by atoms with Gasteiger partial charge in [-0.3, -0.25) is 0 Å². The number of benzene rings is 1. The summed E-state index contributed by atoms with van der Waals surface area (Å²) in [5, 5.41) is 12.3. The van der Waals surface area contributed by atoms with E-state index >= 15 is 0 Å². The first-order valence-corrected chi connectivity index (χ1v) is 12.6. The van der Waals surface area contributed by atoms with Crippen LogP contribution in [0.15, 0.2) is 12.1 Å². The van der Waals surface area contributed by atoms with Crippen LogP contribution in [0.3, 0.4) is 0 Å². The van der Waals surface area contributed by atoms with E-state index in [4.69, 9.17) is 21.1 Å². The number of fused-ring (bicyclic) bond motifs is 1. The molecular formula is C18H25ClN2O4Si. The van der Waals surface area contributed by atoms with Crippen molar-refractivity contribution in [3.05, 3.63) is 22.7 Å². The number of nitrogens with zero attached hydrogens (tertiary/aromatic N) is 1. The third-order valence-corrected chi connectivity index (χ3v) is 6.97. The van der Waals surface area contributed by atoms with Crippen LogP contribution in [0.25, 0.3) is 10.9 Å². The smallest absolute Gasteiger partial charge is 0.407 e. The number of aromatic nitrogens is 1. The Morgan fingerprint density at radius 2 is 2.19 bits per heavy atom. The third-order valence-electron chi connectivity index (χ3n) is 4.83. The van der Waals surface area contributed by atoms with Crippen LogP contribution in [0.1, 0.15) is 5.56 Å². The van der Waals surface area contributed by atoms with Crippen molar-refractivity contribution < 1.29 is 19.4 Å². The molecule has 0 bridgehead atoms. The summed E-state index contributed by atoms with van der Waals surface area (Å²) in [6.45, 7) is 8.04. The Bertz CT molecular complexity index is 831. The van der Waals surface area contributed by atoms with E-state index in [0.717, 1.165) is 16.5 Å². The number of H-pyrrole nitrogens is 1. The van der Waals surface area contributed by atoms with E-state index in [2.05, 4.69) is 24.6 Å². The molecule has 2 aromatic rings. The average Bonchev–Trinajstić information content (AvgIpc) is 2.93. The van der Waals surface area contributed by atoms with Gasteiger partial charge in [0.05, 0.1) is 40.0 Å². The molecule has 0 spiro atoms. The van der Waals surface area contributed by atoms with Crippen molar-refractivity contribution in [3.63, 3.8) is 0 Å². The molecule has 0 saturated carbocycles. The van der Waals surface area contributed by atoms with Gasteiger partial charge in [-0.15, -0.1) is 0 Å². The third kappa shape index (κ3) is 3.56. The van der Waals surface area contributed by atoms with E-state index < -0.39 is 14.2 Å². The molecule has 1 aromatic carbocycles. The quantitative estimate of drug-likeness (QED) is 0.777. The number of carbonyl (C=O) groups is 1. The van der Waals surface area contributed by atoms with Crippen LogP contribution in [0.5, 0.6) is 5.75 Å².